The van der Waals surface area contributed by atoms with Gasteiger partial charge in [0, 0.05) is 26.7 Å². The van der Waals surface area contributed by atoms with E-state index in [-0.39, 0.29) is 24.0 Å². The molecule has 1 aliphatic rings. The molecule has 1 fully saturated rings. The molecule has 2 N–H and O–H groups in total. The zero-order chi connectivity index (χ0) is 18.0. The summed E-state index contributed by atoms with van der Waals surface area (Å²) in [6.07, 6.45) is 7.34. The van der Waals surface area contributed by atoms with Crippen molar-refractivity contribution in [3.05, 3.63) is 48.0 Å². The van der Waals surface area contributed by atoms with Crippen molar-refractivity contribution in [2.75, 3.05) is 33.2 Å². The highest BCUT2D eigenvalue weighted by Crippen LogP contribution is 2.08. The highest BCUT2D eigenvalue weighted by molar-refractivity contribution is 14.0. The zero-order valence-electron chi connectivity index (χ0n) is 16.0. The first-order valence-electron chi connectivity index (χ1n) is 9.40. The molecule has 1 aliphatic heterocycles. The number of aliphatic imine (C=N–C) groups is 1. The second kappa shape index (κ2) is 11.9. The van der Waals surface area contributed by atoms with Gasteiger partial charge in [0.1, 0.15) is 12.7 Å². The molecule has 27 heavy (non-hydrogen) atoms. The highest BCUT2D eigenvalue weighted by Gasteiger charge is 2.09. The van der Waals surface area contributed by atoms with E-state index in [2.05, 4.69) is 54.9 Å². The van der Waals surface area contributed by atoms with Crippen LogP contribution < -0.4 is 10.6 Å². The molecule has 2 heterocycles. The lowest BCUT2D eigenvalue weighted by Crippen LogP contribution is -2.42. The standard InChI is InChI=1S/C19H29N7.HI/c1-20-19(22-8-11-25-9-3-2-4-10-25)23-13-17-6-5-7-18(12-17)14-26-16-21-15-24-26;/h5-7,12,15-16H,2-4,8-11,13-14H2,1H3,(H2,20,22,23);1H. The number of likely N-dealkylation sites (tertiary alicyclic amines) is 1. The third-order valence-corrected chi connectivity index (χ3v) is 4.66. The first kappa shape index (κ1) is 21.6. The Hall–Kier alpha value is -1.68. The summed E-state index contributed by atoms with van der Waals surface area (Å²) in [6, 6.07) is 8.50. The lowest BCUT2D eigenvalue weighted by atomic mass is 10.1. The molecule has 0 unspecified atom stereocenters. The van der Waals surface area contributed by atoms with E-state index >= 15 is 0 Å². The highest BCUT2D eigenvalue weighted by atomic mass is 127. The first-order chi connectivity index (χ1) is 12.8. The van der Waals surface area contributed by atoms with Crippen LogP contribution in [0, 0.1) is 0 Å². The average molecular weight is 483 g/mol. The first-order valence-corrected chi connectivity index (χ1v) is 9.40. The molecule has 0 radical (unpaired) electrons. The fourth-order valence-corrected chi connectivity index (χ4v) is 3.26. The van der Waals surface area contributed by atoms with Crippen molar-refractivity contribution >= 4 is 29.9 Å². The van der Waals surface area contributed by atoms with Gasteiger partial charge in [-0.25, -0.2) is 9.67 Å². The van der Waals surface area contributed by atoms with Gasteiger partial charge >= 0.3 is 0 Å². The summed E-state index contributed by atoms with van der Waals surface area (Å²) in [5.41, 5.74) is 2.43. The lowest BCUT2D eigenvalue weighted by Gasteiger charge is -2.26. The van der Waals surface area contributed by atoms with Gasteiger partial charge in [0.15, 0.2) is 5.96 Å². The molecule has 0 bridgehead atoms. The van der Waals surface area contributed by atoms with Crippen LogP contribution in [0.2, 0.25) is 0 Å². The number of piperidine rings is 1. The molecular formula is C19H30IN7. The summed E-state index contributed by atoms with van der Waals surface area (Å²) in [6.45, 7) is 5.93. The average Bonchev–Trinajstić information content (AvgIpc) is 3.18. The fourth-order valence-electron chi connectivity index (χ4n) is 3.26. The second-order valence-corrected chi connectivity index (χ2v) is 6.67. The molecule has 0 atom stereocenters. The van der Waals surface area contributed by atoms with Crippen molar-refractivity contribution in [2.45, 2.75) is 32.4 Å². The van der Waals surface area contributed by atoms with E-state index in [0.717, 1.165) is 32.1 Å². The predicted molar refractivity (Wildman–Crippen MR) is 119 cm³/mol. The molecule has 1 saturated heterocycles. The third-order valence-electron chi connectivity index (χ3n) is 4.66. The van der Waals surface area contributed by atoms with Gasteiger partial charge in [-0.05, 0) is 37.1 Å². The smallest absolute Gasteiger partial charge is 0.191 e. The lowest BCUT2D eigenvalue weighted by molar-refractivity contribution is 0.232. The van der Waals surface area contributed by atoms with Crippen LogP contribution in [-0.2, 0) is 13.1 Å². The van der Waals surface area contributed by atoms with Crippen molar-refractivity contribution in [2.24, 2.45) is 4.99 Å². The predicted octanol–water partition coefficient (Wildman–Crippen LogP) is 2.10. The topological polar surface area (TPSA) is 70.4 Å². The van der Waals surface area contributed by atoms with Crippen molar-refractivity contribution in [1.29, 1.82) is 0 Å². The number of hydrogen-bond acceptors (Lipinski definition) is 4. The summed E-state index contributed by atoms with van der Waals surface area (Å²) in [4.78, 5) is 10.8. The van der Waals surface area contributed by atoms with Gasteiger partial charge in [0.25, 0.3) is 0 Å². The number of nitrogens with one attached hydrogen (secondary N) is 2. The Morgan fingerprint density at radius 3 is 2.70 bits per heavy atom. The molecule has 7 nitrogen and oxygen atoms in total. The van der Waals surface area contributed by atoms with Crippen LogP contribution in [-0.4, -0.2) is 58.9 Å². The third kappa shape index (κ3) is 7.45. The minimum atomic E-state index is 0. The number of halogens is 1. The van der Waals surface area contributed by atoms with E-state index in [1.165, 1.54) is 43.5 Å². The number of aromatic nitrogens is 3. The summed E-state index contributed by atoms with van der Waals surface area (Å²) < 4.78 is 1.83. The molecule has 2 aromatic rings. The summed E-state index contributed by atoms with van der Waals surface area (Å²) >= 11 is 0. The Bertz CT molecular complexity index is 681. The Labute approximate surface area is 178 Å². The summed E-state index contributed by atoms with van der Waals surface area (Å²) in [7, 11) is 1.82. The van der Waals surface area contributed by atoms with E-state index < -0.39 is 0 Å². The molecule has 8 heteroatoms. The van der Waals surface area contributed by atoms with E-state index in [1.54, 1.807) is 12.7 Å². The molecule has 0 spiro atoms. The Balaban J connectivity index is 0.00000261. The summed E-state index contributed by atoms with van der Waals surface area (Å²) in [5, 5.41) is 11.0. The molecule has 3 rings (SSSR count). The van der Waals surface area contributed by atoms with Crippen LogP contribution >= 0.6 is 24.0 Å². The minimum absolute atomic E-state index is 0. The number of hydrogen-bond donors (Lipinski definition) is 2. The van der Waals surface area contributed by atoms with Gasteiger partial charge < -0.3 is 15.5 Å². The number of rotatable bonds is 7. The van der Waals surface area contributed by atoms with Crippen LogP contribution in [0.15, 0.2) is 41.9 Å². The maximum Gasteiger partial charge on any atom is 0.191 e. The molecular weight excluding hydrogens is 453 g/mol. The zero-order valence-corrected chi connectivity index (χ0v) is 18.3. The number of nitrogens with zero attached hydrogens (tertiary/aromatic N) is 5. The quantitative estimate of drug-likeness (QED) is 0.359. The normalized spacial score (nSPS) is 15.2. The summed E-state index contributed by atoms with van der Waals surface area (Å²) in [5.74, 6) is 0.851. The maximum atomic E-state index is 4.32. The maximum absolute atomic E-state index is 4.32. The van der Waals surface area contributed by atoms with Gasteiger partial charge in [-0.3, -0.25) is 4.99 Å². The number of guanidine groups is 1. The van der Waals surface area contributed by atoms with Gasteiger partial charge in [-0.2, -0.15) is 5.10 Å². The van der Waals surface area contributed by atoms with Crippen LogP contribution in [0.25, 0.3) is 0 Å². The SMILES string of the molecule is CN=C(NCCN1CCCCC1)NCc1cccc(Cn2cncn2)c1.I. The van der Waals surface area contributed by atoms with E-state index in [0.29, 0.717) is 0 Å². The number of benzene rings is 1. The second-order valence-electron chi connectivity index (χ2n) is 6.67. The van der Waals surface area contributed by atoms with Crippen LogP contribution in [0.3, 0.4) is 0 Å². The monoisotopic (exact) mass is 483 g/mol. The van der Waals surface area contributed by atoms with Crippen LogP contribution in [0.1, 0.15) is 30.4 Å². The van der Waals surface area contributed by atoms with E-state index in [9.17, 15) is 0 Å². The molecule has 148 valence electrons. The molecule has 1 aromatic heterocycles. The largest absolute Gasteiger partial charge is 0.355 e. The Morgan fingerprint density at radius 2 is 1.96 bits per heavy atom. The van der Waals surface area contributed by atoms with Crippen LogP contribution in [0.4, 0.5) is 0 Å². The van der Waals surface area contributed by atoms with Crippen molar-refractivity contribution in [1.82, 2.24) is 30.3 Å². The van der Waals surface area contributed by atoms with Gasteiger partial charge in [0.05, 0.1) is 6.54 Å². The molecule has 1 aromatic carbocycles. The Morgan fingerprint density at radius 1 is 1.15 bits per heavy atom. The van der Waals surface area contributed by atoms with E-state index in [1.807, 2.05) is 11.7 Å². The van der Waals surface area contributed by atoms with Crippen molar-refractivity contribution in [3.63, 3.8) is 0 Å². The van der Waals surface area contributed by atoms with Gasteiger partial charge in [0.2, 0.25) is 0 Å². The van der Waals surface area contributed by atoms with Gasteiger partial charge in [-0.1, -0.05) is 30.7 Å². The Kier molecular flexibility index (Phi) is 9.54. The van der Waals surface area contributed by atoms with Crippen molar-refractivity contribution in [3.8, 4) is 0 Å². The minimum Gasteiger partial charge on any atom is -0.355 e. The fraction of sp³-hybridized carbons (Fsp3) is 0.526. The van der Waals surface area contributed by atoms with Crippen molar-refractivity contribution < 1.29 is 0 Å². The van der Waals surface area contributed by atoms with Gasteiger partial charge in [-0.15, -0.1) is 24.0 Å². The molecule has 0 amide bonds. The van der Waals surface area contributed by atoms with E-state index in [4.69, 9.17) is 0 Å². The molecule has 0 saturated carbocycles. The van der Waals surface area contributed by atoms with Crippen LogP contribution in [0.5, 0.6) is 0 Å². The molecule has 0 aliphatic carbocycles.